The van der Waals surface area contributed by atoms with Crippen molar-refractivity contribution >= 4 is 39.5 Å². The second-order valence-electron chi connectivity index (χ2n) is 26.7. The third-order valence-electron chi connectivity index (χ3n) is 16.9. The Labute approximate surface area is 608 Å². The van der Waals surface area contributed by atoms with E-state index in [1.807, 2.05) is 12.2 Å². The number of hydrogen-bond acceptors (Lipinski definition) is 15. The molecule has 0 aromatic rings. The standard InChI is InChI=1S/C81H144O17P2/c1-5-9-13-17-21-25-29-33-35-36-37-38-40-43-46-50-54-58-62-66-79(84)92-72-76(97-80(85)67-63-59-55-51-47-42-32-28-24-20-16-12-8-4)73-95-99(87,88)93-69-75(82)70-94-100(89,90)96-74-77(71-91-78(83)65-61-57-53-49-45-41-31-27-23-19-15-11-7-3)98-81(86)68-64-60-56-52-48-44-39-34-30-26-22-18-14-10-6-2/h21-22,25-26,33-35,37-39,43,46,54,58,75-77,82H,5-20,23-24,27-32,36,40-42,44-45,47-53,55-57,59-74H2,1-4H3,(H,87,88)(H,89,90)/b25-21-,26-22-,35-33-,38-37-,39-34-,46-43-,58-54-/t75-,76-,77-/m1/s1. The Hall–Kier alpha value is -3.76. The number of phosphoric acid groups is 2. The zero-order valence-corrected chi connectivity index (χ0v) is 65.2. The second kappa shape index (κ2) is 73.5. The monoisotopic (exact) mass is 1450 g/mol. The van der Waals surface area contributed by atoms with Crippen LogP contribution in [0.3, 0.4) is 0 Å². The highest BCUT2D eigenvalue weighted by molar-refractivity contribution is 7.47. The van der Waals surface area contributed by atoms with Gasteiger partial charge in [-0.25, -0.2) is 9.13 Å². The minimum absolute atomic E-state index is 0.0409. The number of aliphatic hydroxyl groups is 1. The van der Waals surface area contributed by atoms with E-state index in [2.05, 4.69) is 101 Å². The normalized spacial score (nSPS) is 14.3. The van der Waals surface area contributed by atoms with Gasteiger partial charge in [-0.15, -0.1) is 0 Å². The van der Waals surface area contributed by atoms with Gasteiger partial charge >= 0.3 is 39.5 Å². The molecule has 0 aromatic carbocycles. The molecule has 0 saturated carbocycles. The van der Waals surface area contributed by atoms with Gasteiger partial charge in [-0.2, -0.15) is 0 Å². The summed E-state index contributed by atoms with van der Waals surface area (Å²) >= 11 is 0. The van der Waals surface area contributed by atoms with Crippen molar-refractivity contribution in [3.63, 3.8) is 0 Å². The highest BCUT2D eigenvalue weighted by atomic mass is 31.2. The van der Waals surface area contributed by atoms with Gasteiger partial charge in [-0.1, -0.05) is 312 Å². The van der Waals surface area contributed by atoms with Crippen LogP contribution in [0.5, 0.6) is 0 Å². The van der Waals surface area contributed by atoms with Crippen LogP contribution in [0.25, 0.3) is 0 Å². The van der Waals surface area contributed by atoms with Crippen LogP contribution < -0.4 is 0 Å². The maximum atomic E-state index is 13.1. The first kappa shape index (κ1) is 96.2. The van der Waals surface area contributed by atoms with Crippen LogP contribution in [0.2, 0.25) is 0 Å². The van der Waals surface area contributed by atoms with Gasteiger partial charge in [0.05, 0.1) is 26.4 Å². The molecule has 3 N–H and O–H groups in total. The molecule has 0 radical (unpaired) electrons. The molecule has 5 atom stereocenters. The number of unbranched alkanes of at least 4 members (excludes halogenated alkanes) is 35. The van der Waals surface area contributed by atoms with Crippen LogP contribution in [0, 0.1) is 0 Å². The Bertz CT molecular complexity index is 2230. The predicted octanol–water partition coefficient (Wildman–Crippen LogP) is 23.0. The first-order valence-corrected chi connectivity index (χ1v) is 42.8. The van der Waals surface area contributed by atoms with Gasteiger partial charge in [-0.05, 0) is 96.3 Å². The summed E-state index contributed by atoms with van der Waals surface area (Å²) in [4.78, 5) is 72.9. The quantitative estimate of drug-likeness (QED) is 0.0169. The van der Waals surface area contributed by atoms with Crippen LogP contribution >= 0.6 is 15.6 Å². The first-order chi connectivity index (χ1) is 48.7. The van der Waals surface area contributed by atoms with E-state index >= 15 is 0 Å². The van der Waals surface area contributed by atoms with Gasteiger partial charge in [0, 0.05) is 25.7 Å². The van der Waals surface area contributed by atoms with Gasteiger partial charge in [0.1, 0.15) is 19.3 Å². The predicted molar refractivity (Wildman–Crippen MR) is 409 cm³/mol. The van der Waals surface area contributed by atoms with Crippen molar-refractivity contribution in [1.82, 2.24) is 0 Å². The number of carbonyl (C=O) groups excluding carboxylic acids is 4. The lowest BCUT2D eigenvalue weighted by Gasteiger charge is -2.21. The summed E-state index contributed by atoms with van der Waals surface area (Å²) in [6.07, 6.45) is 75.7. The highest BCUT2D eigenvalue weighted by Gasteiger charge is 2.30. The Morgan fingerprint density at radius 2 is 0.510 bits per heavy atom. The van der Waals surface area contributed by atoms with E-state index in [0.717, 1.165) is 116 Å². The van der Waals surface area contributed by atoms with Crippen molar-refractivity contribution in [2.75, 3.05) is 39.6 Å². The molecular weight excluding hydrogens is 1310 g/mol. The van der Waals surface area contributed by atoms with E-state index in [1.165, 1.54) is 148 Å². The Kier molecular flexibility index (Phi) is 70.8. The molecule has 19 heteroatoms. The maximum Gasteiger partial charge on any atom is 0.472 e. The van der Waals surface area contributed by atoms with Crippen LogP contribution in [0.4, 0.5) is 0 Å². The van der Waals surface area contributed by atoms with E-state index in [9.17, 15) is 43.2 Å². The molecule has 0 heterocycles. The smallest absolute Gasteiger partial charge is 0.462 e. The van der Waals surface area contributed by atoms with E-state index in [1.54, 1.807) is 0 Å². The van der Waals surface area contributed by atoms with Crippen molar-refractivity contribution < 1.29 is 80.2 Å². The first-order valence-electron chi connectivity index (χ1n) is 39.8. The zero-order valence-electron chi connectivity index (χ0n) is 63.4. The number of hydrogen-bond donors (Lipinski definition) is 3. The minimum Gasteiger partial charge on any atom is -0.462 e. The fraction of sp³-hybridized carbons (Fsp3) is 0.778. The molecule has 0 fully saturated rings. The Morgan fingerprint density at radius 1 is 0.280 bits per heavy atom. The molecule has 0 aliphatic rings. The molecule has 0 bridgehead atoms. The maximum absolute atomic E-state index is 13.1. The van der Waals surface area contributed by atoms with Crippen molar-refractivity contribution in [2.45, 2.75) is 367 Å². The highest BCUT2D eigenvalue weighted by Crippen LogP contribution is 2.45. The molecule has 0 amide bonds. The lowest BCUT2D eigenvalue weighted by Crippen LogP contribution is -2.30. The number of esters is 4. The minimum atomic E-state index is -4.99. The summed E-state index contributed by atoms with van der Waals surface area (Å²) in [7, 11) is -9.96. The molecule has 100 heavy (non-hydrogen) atoms. The Morgan fingerprint density at radius 3 is 0.830 bits per heavy atom. The number of phosphoric ester groups is 2. The summed E-state index contributed by atoms with van der Waals surface area (Å²) in [5, 5.41) is 10.6. The van der Waals surface area contributed by atoms with Gasteiger partial charge in [0.2, 0.25) is 0 Å². The van der Waals surface area contributed by atoms with E-state index in [-0.39, 0.29) is 25.7 Å². The average molecular weight is 1450 g/mol. The van der Waals surface area contributed by atoms with E-state index < -0.39 is 97.5 Å². The SMILES string of the molecule is CCCCC/C=C\C/C=C\C/C=C\C/C=C\C/C=C\CCC(=O)OC[C@H](COP(=O)(O)OC[C@@H](O)COP(=O)(O)OC[C@@H](COC(=O)CCCCCCCCCCCCCCC)OC(=O)CCCCCCC/C=C\C/C=C\CCCCC)OC(=O)CCCCCCCCCCCCCCC. The lowest BCUT2D eigenvalue weighted by atomic mass is 10.0. The third kappa shape index (κ3) is 72.6. The van der Waals surface area contributed by atoms with Crippen LogP contribution in [0.15, 0.2) is 85.1 Å². The number of rotatable bonds is 75. The molecule has 580 valence electrons. The van der Waals surface area contributed by atoms with E-state index in [4.69, 9.17) is 37.0 Å². The number of allylic oxidation sites excluding steroid dienone is 14. The summed E-state index contributed by atoms with van der Waals surface area (Å²) in [5.41, 5.74) is 0. The topological polar surface area (TPSA) is 237 Å². The lowest BCUT2D eigenvalue weighted by molar-refractivity contribution is -0.161. The molecule has 0 aliphatic carbocycles. The summed E-state index contributed by atoms with van der Waals surface area (Å²) in [5.74, 6) is -2.26. The summed E-state index contributed by atoms with van der Waals surface area (Å²) in [6, 6.07) is 0. The summed E-state index contributed by atoms with van der Waals surface area (Å²) < 4.78 is 68.5. The van der Waals surface area contributed by atoms with Gasteiger partial charge in [-0.3, -0.25) is 37.3 Å². The van der Waals surface area contributed by atoms with Gasteiger partial charge < -0.3 is 33.8 Å². The molecule has 0 rings (SSSR count). The zero-order chi connectivity index (χ0) is 73.2. The molecular formula is C81H144O17P2. The van der Waals surface area contributed by atoms with Crippen molar-refractivity contribution in [3.8, 4) is 0 Å². The van der Waals surface area contributed by atoms with Gasteiger partial charge in [0.15, 0.2) is 12.2 Å². The number of aliphatic hydroxyl groups excluding tert-OH is 1. The number of carbonyl (C=O) groups is 4. The fourth-order valence-electron chi connectivity index (χ4n) is 10.8. The molecule has 17 nitrogen and oxygen atoms in total. The van der Waals surface area contributed by atoms with Crippen LogP contribution in [-0.2, 0) is 65.4 Å². The van der Waals surface area contributed by atoms with Crippen molar-refractivity contribution in [3.05, 3.63) is 85.1 Å². The fourth-order valence-corrected chi connectivity index (χ4v) is 12.3. The molecule has 0 aliphatic heterocycles. The van der Waals surface area contributed by atoms with Gasteiger partial charge in [0.25, 0.3) is 0 Å². The van der Waals surface area contributed by atoms with Crippen LogP contribution in [-0.4, -0.2) is 96.7 Å². The third-order valence-corrected chi connectivity index (χ3v) is 18.8. The average Bonchev–Trinajstić information content (AvgIpc) is 0.924. The van der Waals surface area contributed by atoms with Crippen LogP contribution in [0.1, 0.15) is 349 Å². The largest absolute Gasteiger partial charge is 0.472 e. The molecule has 0 saturated heterocycles. The van der Waals surface area contributed by atoms with E-state index in [0.29, 0.717) is 32.1 Å². The van der Waals surface area contributed by atoms with Crippen molar-refractivity contribution in [1.29, 1.82) is 0 Å². The summed E-state index contributed by atoms with van der Waals surface area (Å²) in [6.45, 7) is 4.77. The second-order valence-corrected chi connectivity index (χ2v) is 29.6. The Balaban J connectivity index is 5.38. The number of ether oxygens (including phenoxy) is 4. The molecule has 0 spiro atoms. The molecule has 2 unspecified atom stereocenters. The molecule has 0 aromatic heterocycles. The van der Waals surface area contributed by atoms with Crippen molar-refractivity contribution in [2.24, 2.45) is 0 Å².